The van der Waals surface area contributed by atoms with E-state index in [1.165, 1.54) is 12.1 Å². The molecule has 0 spiro atoms. The van der Waals surface area contributed by atoms with E-state index in [0.717, 1.165) is 32.5 Å². The summed E-state index contributed by atoms with van der Waals surface area (Å²) < 4.78 is 13.5. The minimum atomic E-state index is -0.669. The van der Waals surface area contributed by atoms with Crippen LogP contribution in [-0.4, -0.2) is 48.3 Å². The van der Waals surface area contributed by atoms with Crippen LogP contribution in [0.15, 0.2) is 18.2 Å². The van der Waals surface area contributed by atoms with Gasteiger partial charge in [-0.3, -0.25) is 0 Å². The minimum absolute atomic E-state index is 0.0116. The van der Waals surface area contributed by atoms with Crippen LogP contribution in [0.5, 0.6) is 0 Å². The minimum Gasteiger partial charge on any atom is -0.394 e. The van der Waals surface area contributed by atoms with Crippen LogP contribution in [0.2, 0.25) is 5.02 Å². The van der Waals surface area contributed by atoms with Gasteiger partial charge in [-0.1, -0.05) is 24.6 Å². The zero-order valence-electron chi connectivity index (χ0n) is 13.2. The highest BCUT2D eigenvalue weighted by Crippen LogP contribution is 2.20. The molecular weight excluding hydrogens is 321 g/mol. The van der Waals surface area contributed by atoms with Crippen molar-refractivity contribution < 1.29 is 14.3 Å². The number of urea groups is 1. The van der Waals surface area contributed by atoms with Crippen molar-refractivity contribution in [3.63, 3.8) is 0 Å². The highest BCUT2D eigenvalue weighted by molar-refractivity contribution is 6.30. The van der Waals surface area contributed by atoms with Crippen molar-refractivity contribution in [2.24, 2.45) is 0 Å². The van der Waals surface area contributed by atoms with Crippen molar-refractivity contribution >= 4 is 17.6 Å². The van der Waals surface area contributed by atoms with Gasteiger partial charge in [-0.05, 0) is 37.1 Å². The summed E-state index contributed by atoms with van der Waals surface area (Å²) in [6, 6.07) is 3.33. The molecule has 1 saturated heterocycles. The van der Waals surface area contributed by atoms with Gasteiger partial charge in [0.05, 0.1) is 17.7 Å². The van der Waals surface area contributed by atoms with Crippen LogP contribution in [0.1, 0.15) is 31.4 Å². The van der Waals surface area contributed by atoms with E-state index >= 15 is 0 Å². The molecule has 1 aliphatic rings. The molecule has 1 unspecified atom stereocenters. The third kappa shape index (κ3) is 5.06. The highest BCUT2D eigenvalue weighted by Gasteiger charge is 2.21. The van der Waals surface area contributed by atoms with Crippen LogP contribution in [0.3, 0.4) is 0 Å². The number of amides is 2. The molecule has 0 bridgehead atoms. The smallest absolute Gasteiger partial charge is 0.315 e. The maximum Gasteiger partial charge on any atom is 0.315 e. The van der Waals surface area contributed by atoms with Gasteiger partial charge in [-0.25, -0.2) is 9.18 Å². The number of carbonyl (C=O) groups excluding carboxylic acids is 1. The van der Waals surface area contributed by atoms with E-state index in [1.54, 1.807) is 6.07 Å². The average molecular weight is 344 g/mol. The van der Waals surface area contributed by atoms with Gasteiger partial charge in [-0.2, -0.15) is 0 Å². The number of aliphatic hydroxyl groups excluding tert-OH is 1. The maximum atomic E-state index is 13.5. The number of likely N-dealkylation sites (tertiary alicyclic amines) is 1. The zero-order valence-corrected chi connectivity index (χ0v) is 13.9. The number of hydrogen-bond donors (Lipinski definition) is 3. The van der Waals surface area contributed by atoms with Crippen LogP contribution in [0, 0.1) is 5.82 Å². The maximum absolute atomic E-state index is 13.5. The Balaban J connectivity index is 1.88. The fourth-order valence-corrected chi connectivity index (χ4v) is 2.86. The fraction of sp³-hybridized carbons (Fsp3) is 0.562. The molecule has 1 atom stereocenters. The molecule has 2 amide bonds. The van der Waals surface area contributed by atoms with Crippen molar-refractivity contribution in [3.8, 4) is 0 Å². The summed E-state index contributed by atoms with van der Waals surface area (Å²) in [6.45, 7) is 4.76. The predicted octanol–water partition coefficient (Wildman–Crippen LogP) is 2.30. The molecule has 1 heterocycles. The standard InChI is InChI=1S/C16H23ClFN3O2/c1-2-21-7-5-12(6-8-21)19-16(23)20-15(10-22)11-3-4-13(17)14(18)9-11/h3-4,9,12,15,22H,2,5-8,10H2,1H3,(H2,19,20,23). The van der Waals surface area contributed by atoms with Crippen molar-refractivity contribution in [3.05, 3.63) is 34.6 Å². The fourth-order valence-electron chi connectivity index (χ4n) is 2.74. The first-order valence-corrected chi connectivity index (χ1v) is 8.26. The topological polar surface area (TPSA) is 64.6 Å². The Labute approximate surface area is 140 Å². The SMILES string of the molecule is CCN1CCC(NC(=O)NC(CO)c2ccc(Cl)c(F)c2)CC1. The largest absolute Gasteiger partial charge is 0.394 e. The first kappa shape index (κ1) is 18.0. The van der Waals surface area contributed by atoms with E-state index in [0.29, 0.717) is 5.56 Å². The Morgan fingerprint density at radius 2 is 2.17 bits per heavy atom. The number of carbonyl (C=O) groups is 1. The van der Waals surface area contributed by atoms with E-state index in [-0.39, 0.29) is 23.7 Å². The Bertz CT molecular complexity index is 536. The number of aliphatic hydroxyl groups is 1. The molecule has 128 valence electrons. The summed E-state index contributed by atoms with van der Waals surface area (Å²) in [7, 11) is 0. The van der Waals surface area contributed by atoms with E-state index in [4.69, 9.17) is 11.6 Å². The number of halogens is 2. The van der Waals surface area contributed by atoms with Crippen LogP contribution < -0.4 is 10.6 Å². The van der Waals surface area contributed by atoms with Gasteiger partial charge >= 0.3 is 6.03 Å². The normalized spacial score (nSPS) is 17.7. The molecule has 0 saturated carbocycles. The second-order valence-electron chi connectivity index (χ2n) is 5.74. The molecule has 1 fully saturated rings. The lowest BCUT2D eigenvalue weighted by atomic mass is 10.1. The van der Waals surface area contributed by atoms with Gasteiger partial charge in [0.15, 0.2) is 0 Å². The number of hydrogen-bond acceptors (Lipinski definition) is 3. The average Bonchev–Trinajstić information content (AvgIpc) is 2.56. The third-order valence-corrected chi connectivity index (χ3v) is 4.51. The van der Waals surface area contributed by atoms with Gasteiger partial charge in [0.1, 0.15) is 5.82 Å². The molecule has 1 aromatic carbocycles. The van der Waals surface area contributed by atoms with Crippen LogP contribution in [0.25, 0.3) is 0 Å². The molecule has 3 N–H and O–H groups in total. The molecular formula is C16H23ClFN3O2. The first-order valence-electron chi connectivity index (χ1n) is 7.88. The number of nitrogens with zero attached hydrogens (tertiary/aromatic N) is 1. The first-order chi connectivity index (χ1) is 11.0. The summed E-state index contributed by atoms with van der Waals surface area (Å²) in [5, 5.41) is 15.1. The van der Waals surface area contributed by atoms with E-state index in [1.807, 2.05) is 0 Å². The Kier molecular flexibility index (Phi) is 6.62. The summed E-state index contributed by atoms with van der Waals surface area (Å²) in [4.78, 5) is 14.4. The second-order valence-corrected chi connectivity index (χ2v) is 6.14. The number of benzene rings is 1. The molecule has 1 aliphatic heterocycles. The van der Waals surface area contributed by atoms with Crippen molar-refractivity contribution in [1.82, 2.24) is 15.5 Å². The van der Waals surface area contributed by atoms with Gasteiger partial charge in [-0.15, -0.1) is 0 Å². The molecule has 2 rings (SSSR count). The van der Waals surface area contributed by atoms with Gasteiger partial charge in [0.25, 0.3) is 0 Å². The second kappa shape index (κ2) is 8.47. The highest BCUT2D eigenvalue weighted by atomic mass is 35.5. The van der Waals surface area contributed by atoms with Gasteiger partial charge < -0.3 is 20.6 Å². The molecule has 0 radical (unpaired) electrons. The summed E-state index contributed by atoms with van der Waals surface area (Å²) in [6.07, 6.45) is 1.81. The number of rotatable bonds is 5. The molecule has 0 aromatic heterocycles. The zero-order chi connectivity index (χ0) is 16.8. The van der Waals surface area contributed by atoms with E-state index < -0.39 is 11.9 Å². The van der Waals surface area contributed by atoms with Crippen molar-refractivity contribution in [2.75, 3.05) is 26.2 Å². The lowest BCUT2D eigenvalue weighted by molar-refractivity contribution is 0.191. The third-order valence-electron chi connectivity index (χ3n) is 4.20. The Hall–Kier alpha value is -1.37. The Morgan fingerprint density at radius 1 is 1.48 bits per heavy atom. The quantitative estimate of drug-likeness (QED) is 0.768. The van der Waals surface area contributed by atoms with Crippen molar-refractivity contribution in [1.29, 1.82) is 0 Å². The van der Waals surface area contributed by atoms with Gasteiger partial charge in [0, 0.05) is 19.1 Å². The van der Waals surface area contributed by atoms with Crippen LogP contribution >= 0.6 is 11.6 Å². The summed E-state index contributed by atoms with van der Waals surface area (Å²) in [5.74, 6) is -0.572. The van der Waals surface area contributed by atoms with E-state index in [2.05, 4.69) is 22.5 Å². The number of nitrogens with one attached hydrogen (secondary N) is 2. The molecule has 1 aromatic rings. The van der Waals surface area contributed by atoms with Crippen molar-refractivity contribution in [2.45, 2.75) is 31.8 Å². The van der Waals surface area contributed by atoms with Gasteiger partial charge in [0.2, 0.25) is 0 Å². The van der Waals surface area contributed by atoms with E-state index in [9.17, 15) is 14.3 Å². The lowest BCUT2D eigenvalue weighted by Gasteiger charge is -2.31. The molecule has 5 nitrogen and oxygen atoms in total. The van der Waals surface area contributed by atoms with Crippen LogP contribution in [0.4, 0.5) is 9.18 Å². The monoisotopic (exact) mass is 343 g/mol. The molecule has 0 aliphatic carbocycles. The number of piperidine rings is 1. The molecule has 7 heteroatoms. The summed E-state index contributed by atoms with van der Waals surface area (Å²) in [5.41, 5.74) is 0.477. The lowest BCUT2D eigenvalue weighted by Crippen LogP contribution is -2.48. The predicted molar refractivity (Wildman–Crippen MR) is 88.0 cm³/mol. The molecule has 23 heavy (non-hydrogen) atoms. The Morgan fingerprint density at radius 3 is 2.74 bits per heavy atom. The summed E-state index contributed by atoms with van der Waals surface area (Å²) >= 11 is 5.65. The van der Waals surface area contributed by atoms with Crippen LogP contribution in [-0.2, 0) is 0 Å².